The van der Waals surface area contributed by atoms with Crippen molar-refractivity contribution in [2.24, 2.45) is 0 Å². The Hall–Kier alpha value is -1.68. The first-order chi connectivity index (χ1) is 8.74. The summed E-state index contributed by atoms with van der Waals surface area (Å²) in [6, 6.07) is 13.4. The predicted octanol–water partition coefficient (Wildman–Crippen LogP) is 2.70. The van der Waals surface area contributed by atoms with Crippen LogP contribution in [0.5, 0.6) is 0 Å². The van der Waals surface area contributed by atoms with Gasteiger partial charge in [0.15, 0.2) is 0 Å². The quantitative estimate of drug-likeness (QED) is 0.943. The largest absolute Gasteiger partial charge is 0.352 e. The molecule has 1 aromatic heterocycles. The third kappa shape index (κ3) is 3.96. The van der Waals surface area contributed by atoms with Crippen LogP contribution < -0.4 is 5.32 Å². The number of pyridine rings is 1. The van der Waals surface area contributed by atoms with Crippen molar-refractivity contribution in [1.29, 1.82) is 0 Å². The molecule has 0 aliphatic carbocycles. The zero-order valence-electron chi connectivity index (χ0n) is 9.77. The molecule has 0 unspecified atom stereocenters. The van der Waals surface area contributed by atoms with Crippen molar-refractivity contribution in [3.8, 4) is 0 Å². The zero-order valence-corrected chi connectivity index (χ0v) is 11.4. The Balaban J connectivity index is 1.85. The lowest BCUT2D eigenvalue weighted by Gasteiger charge is -2.05. The smallest absolute Gasteiger partial charge is 0.226 e. The van der Waals surface area contributed by atoms with Crippen molar-refractivity contribution in [1.82, 2.24) is 10.3 Å². The van der Waals surface area contributed by atoms with E-state index in [-0.39, 0.29) is 5.91 Å². The van der Waals surface area contributed by atoms with Crippen LogP contribution >= 0.6 is 15.9 Å². The van der Waals surface area contributed by atoms with Gasteiger partial charge in [0.1, 0.15) is 0 Å². The highest BCUT2D eigenvalue weighted by Crippen LogP contribution is 2.11. The van der Waals surface area contributed by atoms with Crippen LogP contribution in [0.1, 0.15) is 11.3 Å². The fraction of sp³-hybridized carbons (Fsp3) is 0.143. The summed E-state index contributed by atoms with van der Waals surface area (Å²) in [6.45, 7) is 0.533. The number of carbonyl (C=O) groups is 1. The molecule has 18 heavy (non-hydrogen) atoms. The summed E-state index contributed by atoms with van der Waals surface area (Å²) in [5.41, 5.74) is 1.85. The van der Waals surface area contributed by atoms with Crippen LogP contribution in [0.3, 0.4) is 0 Å². The number of halogens is 1. The van der Waals surface area contributed by atoms with Gasteiger partial charge in [-0.05, 0) is 29.8 Å². The molecule has 2 rings (SSSR count). The number of nitrogens with one attached hydrogen (secondary N) is 1. The average molecular weight is 305 g/mol. The molecule has 92 valence electrons. The van der Waals surface area contributed by atoms with Crippen molar-refractivity contribution in [2.45, 2.75) is 13.0 Å². The van der Waals surface area contributed by atoms with Gasteiger partial charge in [0.2, 0.25) is 5.91 Å². The van der Waals surface area contributed by atoms with Crippen molar-refractivity contribution < 1.29 is 4.79 Å². The number of hydrogen-bond acceptors (Lipinski definition) is 2. The van der Waals surface area contributed by atoms with E-state index in [0.29, 0.717) is 13.0 Å². The number of amides is 1. The molecule has 0 bridgehead atoms. The maximum absolute atomic E-state index is 11.7. The number of aromatic nitrogens is 1. The minimum Gasteiger partial charge on any atom is -0.352 e. The molecule has 1 N–H and O–H groups in total. The second kappa shape index (κ2) is 6.31. The van der Waals surface area contributed by atoms with E-state index in [2.05, 4.69) is 26.2 Å². The van der Waals surface area contributed by atoms with Crippen molar-refractivity contribution in [3.63, 3.8) is 0 Å². The summed E-state index contributed by atoms with van der Waals surface area (Å²) in [6.07, 6.45) is 2.01. The monoisotopic (exact) mass is 304 g/mol. The average Bonchev–Trinajstić information content (AvgIpc) is 2.38. The van der Waals surface area contributed by atoms with Gasteiger partial charge in [0.05, 0.1) is 6.42 Å². The van der Waals surface area contributed by atoms with Gasteiger partial charge in [-0.25, -0.2) is 0 Å². The van der Waals surface area contributed by atoms with Gasteiger partial charge in [-0.1, -0.05) is 34.1 Å². The Morgan fingerprint density at radius 1 is 1.22 bits per heavy atom. The first-order valence-electron chi connectivity index (χ1n) is 5.65. The molecule has 0 saturated heterocycles. The zero-order chi connectivity index (χ0) is 12.8. The molecule has 1 aromatic carbocycles. The molecule has 2 aromatic rings. The van der Waals surface area contributed by atoms with Crippen molar-refractivity contribution in [3.05, 3.63) is 64.4 Å². The van der Waals surface area contributed by atoms with Crippen molar-refractivity contribution in [2.75, 3.05) is 0 Å². The molecule has 1 amide bonds. The molecule has 4 heteroatoms. The highest BCUT2D eigenvalue weighted by atomic mass is 79.9. The van der Waals surface area contributed by atoms with Gasteiger partial charge in [0, 0.05) is 22.9 Å². The van der Waals surface area contributed by atoms with E-state index in [4.69, 9.17) is 0 Å². The Morgan fingerprint density at radius 2 is 2.11 bits per heavy atom. The van der Waals surface area contributed by atoms with E-state index in [1.165, 1.54) is 0 Å². The normalized spacial score (nSPS) is 10.1. The lowest BCUT2D eigenvalue weighted by atomic mass is 10.2. The van der Waals surface area contributed by atoms with Gasteiger partial charge >= 0.3 is 0 Å². The van der Waals surface area contributed by atoms with Gasteiger partial charge < -0.3 is 5.32 Å². The second-order valence-corrected chi connectivity index (χ2v) is 4.82. The van der Waals surface area contributed by atoms with E-state index in [9.17, 15) is 4.79 Å². The van der Waals surface area contributed by atoms with Gasteiger partial charge in [-0.15, -0.1) is 0 Å². The van der Waals surface area contributed by atoms with E-state index in [1.54, 1.807) is 6.20 Å². The van der Waals surface area contributed by atoms with Crippen LogP contribution in [-0.4, -0.2) is 10.9 Å². The minimum atomic E-state index is -0.0197. The number of rotatable bonds is 4. The molecule has 0 aliphatic rings. The molecule has 0 fully saturated rings. The summed E-state index contributed by atoms with van der Waals surface area (Å²) in [4.78, 5) is 15.8. The Bertz CT molecular complexity index is 528. The fourth-order valence-electron chi connectivity index (χ4n) is 1.58. The van der Waals surface area contributed by atoms with E-state index in [0.717, 1.165) is 15.7 Å². The van der Waals surface area contributed by atoms with E-state index < -0.39 is 0 Å². The Labute approximate surface area is 114 Å². The predicted molar refractivity (Wildman–Crippen MR) is 73.9 cm³/mol. The van der Waals surface area contributed by atoms with Crippen molar-refractivity contribution >= 4 is 21.8 Å². The molecular weight excluding hydrogens is 292 g/mol. The standard InChI is InChI=1S/C14H13BrN2O/c15-12-5-3-4-11(8-12)10-17-14(18)9-13-6-1-2-7-16-13/h1-8H,9-10H2,(H,17,18). The number of nitrogens with zero attached hydrogens (tertiary/aromatic N) is 1. The van der Waals surface area contributed by atoms with Crippen LogP contribution in [0.4, 0.5) is 0 Å². The molecule has 0 saturated carbocycles. The Morgan fingerprint density at radius 3 is 2.83 bits per heavy atom. The van der Waals surface area contributed by atoms with Gasteiger partial charge in [-0.2, -0.15) is 0 Å². The third-order valence-electron chi connectivity index (χ3n) is 2.45. The summed E-state index contributed by atoms with van der Waals surface area (Å²) < 4.78 is 1.01. The van der Waals surface area contributed by atoms with Gasteiger partial charge in [0.25, 0.3) is 0 Å². The number of benzene rings is 1. The van der Waals surface area contributed by atoms with Crippen LogP contribution in [0.2, 0.25) is 0 Å². The summed E-state index contributed by atoms with van der Waals surface area (Å²) in [7, 11) is 0. The van der Waals surface area contributed by atoms with Crippen LogP contribution in [0.15, 0.2) is 53.1 Å². The lowest BCUT2D eigenvalue weighted by Crippen LogP contribution is -2.24. The molecule has 1 heterocycles. The first kappa shape index (κ1) is 12.8. The maximum atomic E-state index is 11.7. The Kier molecular flexibility index (Phi) is 4.47. The van der Waals surface area contributed by atoms with E-state index >= 15 is 0 Å². The molecule has 0 spiro atoms. The highest BCUT2D eigenvalue weighted by molar-refractivity contribution is 9.10. The lowest BCUT2D eigenvalue weighted by molar-refractivity contribution is -0.120. The highest BCUT2D eigenvalue weighted by Gasteiger charge is 2.03. The summed E-state index contributed by atoms with van der Waals surface area (Å²) >= 11 is 3.40. The summed E-state index contributed by atoms with van der Waals surface area (Å²) in [5, 5.41) is 2.87. The fourth-order valence-corrected chi connectivity index (χ4v) is 2.02. The van der Waals surface area contributed by atoms with Gasteiger partial charge in [-0.3, -0.25) is 9.78 Å². The molecule has 0 aliphatic heterocycles. The van der Waals surface area contributed by atoms with Crippen LogP contribution in [-0.2, 0) is 17.8 Å². The SMILES string of the molecule is O=C(Cc1ccccn1)NCc1cccc(Br)c1. The molecule has 0 radical (unpaired) electrons. The second-order valence-electron chi connectivity index (χ2n) is 3.90. The number of carbonyl (C=O) groups excluding carboxylic acids is 1. The summed E-state index contributed by atoms with van der Waals surface area (Å²) in [5.74, 6) is -0.0197. The topological polar surface area (TPSA) is 42.0 Å². The van der Waals surface area contributed by atoms with E-state index in [1.807, 2.05) is 42.5 Å². The van der Waals surface area contributed by atoms with Crippen LogP contribution in [0.25, 0.3) is 0 Å². The van der Waals surface area contributed by atoms with Crippen LogP contribution in [0, 0.1) is 0 Å². The maximum Gasteiger partial charge on any atom is 0.226 e. The number of hydrogen-bond donors (Lipinski definition) is 1. The third-order valence-corrected chi connectivity index (χ3v) is 2.94. The minimum absolute atomic E-state index is 0.0197. The molecule has 3 nitrogen and oxygen atoms in total. The first-order valence-corrected chi connectivity index (χ1v) is 6.44. The molecular formula is C14H13BrN2O. The molecule has 0 atom stereocenters.